The highest BCUT2D eigenvalue weighted by atomic mass is 32.2. The molecule has 4 atom stereocenters. The van der Waals surface area contributed by atoms with Gasteiger partial charge in [-0.3, -0.25) is 4.79 Å². The number of aliphatic hydroxyl groups excluding tert-OH is 1. The number of hydrogen-bond acceptors (Lipinski definition) is 5. The summed E-state index contributed by atoms with van der Waals surface area (Å²) in [6, 6.07) is 0.474. The van der Waals surface area contributed by atoms with Crippen LogP contribution in [0.2, 0.25) is 0 Å². The molecule has 0 bridgehead atoms. The Bertz CT molecular complexity index is 438. The van der Waals surface area contributed by atoms with Gasteiger partial charge in [0.2, 0.25) is 5.91 Å². The summed E-state index contributed by atoms with van der Waals surface area (Å²) in [5, 5.41) is 18.9. The van der Waals surface area contributed by atoms with Crippen molar-refractivity contribution < 1.29 is 19.4 Å². The number of nitrogens with one attached hydrogen (secondary N) is 3. The fraction of sp³-hybridized carbons (Fsp3) is 0.882. The highest BCUT2D eigenvalue weighted by Crippen LogP contribution is 2.33. The van der Waals surface area contributed by atoms with E-state index in [-0.39, 0.29) is 24.0 Å². The lowest BCUT2D eigenvalue weighted by molar-refractivity contribution is -0.121. The predicted molar refractivity (Wildman–Crippen MR) is 98.7 cm³/mol. The van der Waals surface area contributed by atoms with Gasteiger partial charge in [-0.2, -0.15) is 11.8 Å². The van der Waals surface area contributed by atoms with Crippen LogP contribution in [0.15, 0.2) is 0 Å². The monoisotopic (exact) mass is 373 g/mol. The van der Waals surface area contributed by atoms with Gasteiger partial charge in [0.25, 0.3) is 0 Å². The maximum Gasteiger partial charge on any atom is 0.315 e. The van der Waals surface area contributed by atoms with Crippen LogP contribution in [0.5, 0.6) is 0 Å². The summed E-state index contributed by atoms with van der Waals surface area (Å²) < 4.78 is 4.87. The summed E-state index contributed by atoms with van der Waals surface area (Å²) in [4.78, 5) is 23.1. The van der Waals surface area contributed by atoms with E-state index in [9.17, 15) is 14.7 Å². The lowest BCUT2D eigenvalue weighted by Gasteiger charge is -2.16. The lowest BCUT2D eigenvalue weighted by Crippen LogP contribution is -2.36. The Morgan fingerprint density at radius 2 is 2.20 bits per heavy atom. The van der Waals surface area contributed by atoms with Crippen molar-refractivity contribution in [2.45, 2.75) is 68.4 Å². The number of hydrogen-bond donors (Lipinski definition) is 4. The Balaban J connectivity index is 1.44. The van der Waals surface area contributed by atoms with Gasteiger partial charge < -0.3 is 25.8 Å². The van der Waals surface area contributed by atoms with Crippen LogP contribution >= 0.6 is 11.8 Å². The summed E-state index contributed by atoms with van der Waals surface area (Å²) in [6.07, 6.45) is 5.54. The summed E-state index contributed by atoms with van der Waals surface area (Å²) in [5.41, 5.74) is 0. The highest BCUT2D eigenvalue weighted by molar-refractivity contribution is 8.00. The molecule has 2 fully saturated rings. The number of urea groups is 1. The van der Waals surface area contributed by atoms with Gasteiger partial charge in [0.05, 0.1) is 24.8 Å². The molecule has 3 amide bonds. The van der Waals surface area contributed by atoms with Gasteiger partial charge in [-0.1, -0.05) is 6.42 Å². The first-order valence-corrected chi connectivity index (χ1v) is 10.3. The van der Waals surface area contributed by atoms with E-state index in [1.54, 1.807) is 7.11 Å². The number of unbranched alkanes of at least 4 members (excludes halogenated alkanes) is 2. The van der Waals surface area contributed by atoms with Crippen LogP contribution in [0.3, 0.4) is 0 Å². The molecule has 0 radical (unpaired) electrons. The number of carbonyl (C=O) groups is 2. The lowest BCUT2D eigenvalue weighted by atomic mass is 10.0. The number of amides is 3. The molecule has 2 rings (SSSR count). The van der Waals surface area contributed by atoms with Gasteiger partial charge in [0.15, 0.2) is 0 Å². The molecule has 0 aliphatic carbocycles. The second-order valence-corrected chi connectivity index (χ2v) is 8.09. The molecule has 0 spiro atoms. The van der Waals surface area contributed by atoms with E-state index in [0.717, 1.165) is 37.9 Å². The fourth-order valence-corrected chi connectivity index (χ4v) is 4.91. The molecule has 25 heavy (non-hydrogen) atoms. The fourth-order valence-electron chi connectivity index (χ4n) is 3.37. The van der Waals surface area contributed by atoms with Crippen molar-refractivity contribution in [1.82, 2.24) is 16.0 Å². The number of rotatable bonds is 12. The van der Waals surface area contributed by atoms with Crippen LogP contribution < -0.4 is 16.0 Å². The number of aliphatic hydroxyl groups is 1. The van der Waals surface area contributed by atoms with Crippen LogP contribution in [0.25, 0.3) is 0 Å². The second-order valence-electron chi connectivity index (χ2n) is 6.82. The smallest absolute Gasteiger partial charge is 0.315 e. The predicted octanol–water partition coefficient (Wildman–Crippen LogP) is 1.01. The van der Waals surface area contributed by atoms with E-state index in [2.05, 4.69) is 16.0 Å². The molecular formula is C17H31N3O4S. The van der Waals surface area contributed by atoms with Crippen LogP contribution in [0, 0.1) is 0 Å². The number of ether oxygens (including phenoxy) is 1. The Morgan fingerprint density at radius 1 is 1.36 bits per heavy atom. The molecule has 4 unspecified atom stereocenters. The minimum atomic E-state index is -0.409. The third-order valence-corrected chi connectivity index (χ3v) is 6.23. The van der Waals surface area contributed by atoms with Crippen molar-refractivity contribution in [2.24, 2.45) is 0 Å². The molecule has 8 heteroatoms. The number of carbonyl (C=O) groups excluding carboxylic acids is 2. The first-order chi connectivity index (χ1) is 12.1. The van der Waals surface area contributed by atoms with Crippen molar-refractivity contribution in [1.29, 1.82) is 0 Å². The molecule has 0 aromatic heterocycles. The quantitative estimate of drug-likeness (QED) is 0.302. The largest absolute Gasteiger partial charge is 0.391 e. The minimum absolute atomic E-state index is 0.0468. The van der Waals surface area contributed by atoms with Gasteiger partial charge in [-0.05, 0) is 32.1 Å². The van der Waals surface area contributed by atoms with E-state index in [1.807, 2.05) is 11.8 Å². The Labute approximate surface area is 154 Å². The molecule has 7 nitrogen and oxygen atoms in total. The van der Waals surface area contributed by atoms with Gasteiger partial charge in [0.1, 0.15) is 0 Å². The second kappa shape index (κ2) is 10.9. The molecule has 0 saturated carbocycles. The SMILES string of the molecule is COCC(O)CCCCNC(=O)CCCCC1SCC2NC(=O)NC21. The Hall–Kier alpha value is -0.990. The van der Waals surface area contributed by atoms with Gasteiger partial charge in [-0.15, -0.1) is 0 Å². The Morgan fingerprint density at radius 3 is 3.00 bits per heavy atom. The number of methoxy groups -OCH3 is 1. The van der Waals surface area contributed by atoms with E-state index in [1.165, 1.54) is 0 Å². The van der Waals surface area contributed by atoms with E-state index >= 15 is 0 Å². The first-order valence-electron chi connectivity index (χ1n) is 9.22. The molecule has 0 aromatic carbocycles. The topological polar surface area (TPSA) is 99.7 Å². The summed E-state index contributed by atoms with van der Waals surface area (Å²) in [5.74, 6) is 1.08. The molecule has 2 saturated heterocycles. The molecule has 144 valence electrons. The molecule has 0 aromatic rings. The molecular weight excluding hydrogens is 342 g/mol. The van der Waals surface area contributed by atoms with Crippen LogP contribution in [-0.2, 0) is 9.53 Å². The molecule has 2 aliphatic heterocycles. The van der Waals surface area contributed by atoms with Crippen LogP contribution in [-0.4, -0.2) is 66.5 Å². The van der Waals surface area contributed by atoms with Gasteiger partial charge >= 0.3 is 6.03 Å². The van der Waals surface area contributed by atoms with Crippen molar-refractivity contribution >= 4 is 23.7 Å². The zero-order valence-electron chi connectivity index (χ0n) is 15.0. The highest BCUT2D eigenvalue weighted by Gasteiger charge is 2.42. The maximum atomic E-state index is 11.8. The Kier molecular flexibility index (Phi) is 8.84. The molecule has 4 N–H and O–H groups in total. The average molecular weight is 374 g/mol. The number of thioether (sulfide) groups is 1. The third kappa shape index (κ3) is 7.03. The van der Waals surface area contributed by atoms with Gasteiger partial charge in [0, 0.05) is 31.1 Å². The standard InChI is InChI=1S/C17H31N3O4S/c1-24-10-12(21)6-4-5-9-18-15(22)8-3-2-7-14-16-13(11-25-14)19-17(23)20-16/h12-14,16,21H,2-11H2,1H3,(H,18,22)(H2,19,20,23). The van der Waals surface area contributed by atoms with E-state index in [4.69, 9.17) is 4.74 Å². The first kappa shape index (κ1) is 20.3. The summed E-state index contributed by atoms with van der Waals surface area (Å²) in [7, 11) is 1.58. The van der Waals surface area contributed by atoms with Crippen molar-refractivity contribution in [3.8, 4) is 0 Å². The van der Waals surface area contributed by atoms with Crippen molar-refractivity contribution in [3.05, 3.63) is 0 Å². The molecule has 2 aliphatic rings. The van der Waals surface area contributed by atoms with Crippen molar-refractivity contribution in [3.63, 3.8) is 0 Å². The average Bonchev–Trinajstić information content (AvgIpc) is 3.11. The van der Waals surface area contributed by atoms with Crippen molar-refractivity contribution in [2.75, 3.05) is 26.0 Å². The normalized spacial score (nSPS) is 26.0. The van der Waals surface area contributed by atoms with E-state index in [0.29, 0.717) is 31.2 Å². The molecule has 2 heterocycles. The zero-order valence-corrected chi connectivity index (χ0v) is 15.8. The zero-order chi connectivity index (χ0) is 18.1. The van der Waals surface area contributed by atoms with E-state index < -0.39 is 6.10 Å². The van der Waals surface area contributed by atoms with Crippen LogP contribution in [0.4, 0.5) is 4.79 Å². The summed E-state index contributed by atoms with van der Waals surface area (Å²) >= 11 is 1.91. The number of fused-ring (bicyclic) bond motifs is 1. The maximum absolute atomic E-state index is 11.8. The van der Waals surface area contributed by atoms with Gasteiger partial charge in [-0.25, -0.2) is 4.79 Å². The third-order valence-electron chi connectivity index (χ3n) is 4.73. The summed E-state index contributed by atoms with van der Waals surface area (Å²) in [6.45, 7) is 1.03. The van der Waals surface area contributed by atoms with Crippen LogP contribution in [0.1, 0.15) is 44.9 Å². The minimum Gasteiger partial charge on any atom is -0.391 e.